The van der Waals surface area contributed by atoms with E-state index in [1.807, 2.05) is 12.1 Å². The van der Waals surface area contributed by atoms with Gasteiger partial charge in [-0.25, -0.2) is 0 Å². The van der Waals surface area contributed by atoms with Crippen LogP contribution in [0.2, 0.25) is 0 Å². The SMILES string of the molecule is Oc1ccc(C2=CCN(C[C@@H](O)COC3CCOCC3)CC2)cc1. The molecule has 2 aliphatic rings. The van der Waals surface area contributed by atoms with Gasteiger partial charge in [-0.15, -0.1) is 0 Å². The standard InChI is InChI=1S/C19H27NO4/c21-17-3-1-15(2-4-17)16-5-9-20(10-6-16)13-18(22)14-24-19-7-11-23-12-8-19/h1-5,18-19,21-22H,6-14H2/t18-/m1/s1. The Hall–Kier alpha value is -1.40. The van der Waals surface area contributed by atoms with Gasteiger partial charge < -0.3 is 19.7 Å². The number of aromatic hydroxyl groups is 1. The molecule has 2 aliphatic heterocycles. The summed E-state index contributed by atoms with van der Waals surface area (Å²) in [6, 6.07) is 7.35. The van der Waals surface area contributed by atoms with Crippen molar-refractivity contribution in [2.24, 2.45) is 0 Å². The molecule has 0 bridgehead atoms. The summed E-state index contributed by atoms with van der Waals surface area (Å²) in [5.41, 5.74) is 2.47. The van der Waals surface area contributed by atoms with Crippen molar-refractivity contribution in [2.45, 2.75) is 31.5 Å². The third-order valence-electron chi connectivity index (χ3n) is 4.69. The molecule has 0 saturated carbocycles. The molecule has 0 amide bonds. The van der Waals surface area contributed by atoms with E-state index in [9.17, 15) is 10.2 Å². The highest BCUT2D eigenvalue weighted by atomic mass is 16.5. The molecule has 1 saturated heterocycles. The molecule has 1 aromatic rings. The summed E-state index contributed by atoms with van der Waals surface area (Å²) in [5.74, 6) is 0.296. The van der Waals surface area contributed by atoms with E-state index in [1.54, 1.807) is 12.1 Å². The highest BCUT2D eigenvalue weighted by molar-refractivity contribution is 5.67. The number of β-amino-alcohol motifs (C(OH)–C–C–N with tert-alkyl or cyclic N) is 1. The second-order valence-electron chi connectivity index (χ2n) is 6.58. The maximum Gasteiger partial charge on any atom is 0.115 e. The summed E-state index contributed by atoms with van der Waals surface area (Å²) in [6.07, 6.45) is 4.80. The van der Waals surface area contributed by atoms with E-state index >= 15 is 0 Å². The van der Waals surface area contributed by atoms with Gasteiger partial charge in [-0.05, 0) is 42.5 Å². The Labute approximate surface area is 143 Å². The van der Waals surface area contributed by atoms with E-state index in [4.69, 9.17) is 9.47 Å². The van der Waals surface area contributed by atoms with Crippen molar-refractivity contribution in [2.75, 3.05) is 39.5 Å². The van der Waals surface area contributed by atoms with Crippen LogP contribution >= 0.6 is 0 Å². The Morgan fingerprint density at radius 3 is 2.62 bits per heavy atom. The van der Waals surface area contributed by atoms with Gasteiger partial charge in [-0.2, -0.15) is 0 Å². The molecule has 1 fully saturated rings. The van der Waals surface area contributed by atoms with E-state index in [0.717, 1.165) is 51.1 Å². The maximum atomic E-state index is 10.2. The van der Waals surface area contributed by atoms with Crippen molar-refractivity contribution in [3.63, 3.8) is 0 Å². The van der Waals surface area contributed by atoms with E-state index < -0.39 is 6.10 Å². The number of hydrogen-bond donors (Lipinski definition) is 2. The van der Waals surface area contributed by atoms with Gasteiger partial charge in [-0.1, -0.05) is 18.2 Å². The molecule has 24 heavy (non-hydrogen) atoms. The van der Waals surface area contributed by atoms with Crippen LogP contribution in [0.15, 0.2) is 30.3 Å². The third kappa shape index (κ3) is 5.05. The lowest BCUT2D eigenvalue weighted by atomic mass is 9.99. The molecule has 2 N–H and O–H groups in total. The van der Waals surface area contributed by atoms with Gasteiger partial charge in [0.25, 0.3) is 0 Å². The van der Waals surface area contributed by atoms with E-state index in [-0.39, 0.29) is 6.10 Å². The summed E-state index contributed by atoms with van der Waals surface area (Å²) >= 11 is 0. The second kappa shape index (κ2) is 8.62. The summed E-state index contributed by atoms with van der Waals surface area (Å²) in [6.45, 7) is 4.33. The van der Waals surface area contributed by atoms with Crippen molar-refractivity contribution in [1.82, 2.24) is 4.90 Å². The molecule has 0 aromatic heterocycles. The molecule has 1 atom stereocenters. The molecule has 3 rings (SSSR count). The smallest absolute Gasteiger partial charge is 0.115 e. The highest BCUT2D eigenvalue weighted by Crippen LogP contribution is 2.24. The average molecular weight is 333 g/mol. The van der Waals surface area contributed by atoms with Crippen LogP contribution in [0.5, 0.6) is 5.75 Å². The van der Waals surface area contributed by atoms with Crippen LogP contribution in [-0.4, -0.2) is 66.8 Å². The fourth-order valence-corrected chi connectivity index (χ4v) is 3.26. The molecule has 132 valence electrons. The van der Waals surface area contributed by atoms with Crippen molar-refractivity contribution in [1.29, 1.82) is 0 Å². The van der Waals surface area contributed by atoms with Crippen LogP contribution in [0, 0.1) is 0 Å². The Morgan fingerprint density at radius 1 is 1.21 bits per heavy atom. The van der Waals surface area contributed by atoms with Gasteiger partial charge in [0.1, 0.15) is 5.75 Å². The van der Waals surface area contributed by atoms with Crippen molar-refractivity contribution >= 4 is 5.57 Å². The van der Waals surface area contributed by atoms with Crippen molar-refractivity contribution in [3.8, 4) is 5.75 Å². The molecule has 0 aliphatic carbocycles. The number of aliphatic hydroxyl groups is 1. The minimum absolute atomic E-state index is 0.232. The van der Waals surface area contributed by atoms with Crippen molar-refractivity contribution < 1.29 is 19.7 Å². The van der Waals surface area contributed by atoms with Gasteiger partial charge in [0.15, 0.2) is 0 Å². The number of phenols is 1. The summed E-state index contributed by atoms with van der Waals surface area (Å²) in [4.78, 5) is 2.25. The number of phenolic OH excluding ortho intramolecular Hbond substituents is 1. The topological polar surface area (TPSA) is 62.2 Å². The van der Waals surface area contributed by atoms with E-state index in [1.165, 1.54) is 5.57 Å². The minimum atomic E-state index is -0.448. The highest BCUT2D eigenvalue weighted by Gasteiger charge is 2.19. The number of rotatable bonds is 6. The predicted molar refractivity (Wildman–Crippen MR) is 92.9 cm³/mol. The summed E-state index contributed by atoms with van der Waals surface area (Å²) in [5, 5.41) is 19.6. The van der Waals surface area contributed by atoms with Crippen LogP contribution in [0.1, 0.15) is 24.8 Å². The Balaban J connectivity index is 1.41. The Bertz CT molecular complexity index is 537. The quantitative estimate of drug-likeness (QED) is 0.834. The first-order chi connectivity index (χ1) is 11.7. The second-order valence-corrected chi connectivity index (χ2v) is 6.58. The van der Waals surface area contributed by atoms with Gasteiger partial charge >= 0.3 is 0 Å². The normalized spacial score (nSPS) is 21.5. The number of hydrogen-bond acceptors (Lipinski definition) is 5. The number of nitrogens with zero attached hydrogens (tertiary/aromatic N) is 1. The first-order valence-electron chi connectivity index (χ1n) is 8.79. The molecule has 0 unspecified atom stereocenters. The predicted octanol–water partition coefficient (Wildman–Crippen LogP) is 2.04. The molecular weight excluding hydrogens is 306 g/mol. The molecular formula is C19H27NO4. The monoisotopic (exact) mass is 333 g/mol. The fraction of sp³-hybridized carbons (Fsp3) is 0.579. The zero-order valence-electron chi connectivity index (χ0n) is 14.1. The number of aliphatic hydroxyl groups excluding tert-OH is 1. The van der Waals surface area contributed by atoms with E-state index in [0.29, 0.717) is 18.9 Å². The lowest BCUT2D eigenvalue weighted by Crippen LogP contribution is -2.38. The van der Waals surface area contributed by atoms with Crippen LogP contribution < -0.4 is 0 Å². The average Bonchev–Trinajstić information content (AvgIpc) is 2.62. The lowest BCUT2D eigenvalue weighted by Gasteiger charge is -2.29. The summed E-state index contributed by atoms with van der Waals surface area (Å²) in [7, 11) is 0. The summed E-state index contributed by atoms with van der Waals surface area (Å²) < 4.78 is 11.1. The Morgan fingerprint density at radius 2 is 1.96 bits per heavy atom. The van der Waals surface area contributed by atoms with Gasteiger partial charge in [0.05, 0.1) is 18.8 Å². The number of ether oxygens (including phenoxy) is 2. The van der Waals surface area contributed by atoms with E-state index in [2.05, 4.69) is 11.0 Å². The van der Waals surface area contributed by atoms with Crippen LogP contribution in [0.3, 0.4) is 0 Å². The van der Waals surface area contributed by atoms with Crippen LogP contribution in [0.25, 0.3) is 5.57 Å². The van der Waals surface area contributed by atoms with Gasteiger partial charge in [-0.3, -0.25) is 4.90 Å². The lowest BCUT2D eigenvalue weighted by molar-refractivity contribution is -0.0637. The first-order valence-corrected chi connectivity index (χ1v) is 8.79. The molecule has 5 heteroatoms. The number of benzene rings is 1. The molecule has 5 nitrogen and oxygen atoms in total. The van der Waals surface area contributed by atoms with Crippen molar-refractivity contribution in [3.05, 3.63) is 35.9 Å². The molecule has 0 radical (unpaired) electrons. The zero-order chi connectivity index (χ0) is 16.8. The largest absolute Gasteiger partial charge is 0.508 e. The third-order valence-corrected chi connectivity index (χ3v) is 4.69. The molecule has 1 aromatic carbocycles. The first kappa shape index (κ1) is 17.4. The zero-order valence-corrected chi connectivity index (χ0v) is 14.1. The molecule has 0 spiro atoms. The fourth-order valence-electron chi connectivity index (χ4n) is 3.26. The minimum Gasteiger partial charge on any atom is -0.508 e. The van der Waals surface area contributed by atoms with Crippen LogP contribution in [-0.2, 0) is 9.47 Å². The maximum absolute atomic E-state index is 10.2. The van der Waals surface area contributed by atoms with Gasteiger partial charge in [0, 0.05) is 32.8 Å². The van der Waals surface area contributed by atoms with Crippen LogP contribution in [0.4, 0.5) is 0 Å². The van der Waals surface area contributed by atoms with Gasteiger partial charge in [0.2, 0.25) is 0 Å². The Kier molecular flexibility index (Phi) is 6.26. The molecule has 2 heterocycles.